The highest BCUT2D eigenvalue weighted by Crippen LogP contribution is 2.34. The SMILES string of the molecule is O=C(c1onc2c1CCCC2)N1CCC[C@H](c2nc3ccccc3s2)C1. The summed E-state index contributed by atoms with van der Waals surface area (Å²) >= 11 is 1.75. The van der Waals surface area contributed by atoms with Crippen molar-refractivity contribution in [1.29, 1.82) is 0 Å². The van der Waals surface area contributed by atoms with E-state index in [1.807, 2.05) is 17.0 Å². The number of fused-ring (bicyclic) bond motifs is 2. The molecule has 0 unspecified atom stereocenters. The maximum atomic E-state index is 13.1. The summed E-state index contributed by atoms with van der Waals surface area (Å²) in [6, 6.07) is 8.24. The number of carbonyl (C=O) groups excluding carboxylic acids is 1. The first-order valence-corrected chi connectivity index (χ1v) is 10.2. The monoisotopic (exact) mass is 367 g/mol. The van der Waals surface area contributed by atoms with E-state index in [1.165, 1.54) is 4.70 Å². The molecule has 1 aliphatic carbocycles. The van der Waals surface area contributed by atoms with E-state index in [0.29, 0.717) is 18.2 Å². The number of hydrogen-bond acceptors (Lipinski definition) is 5. The predicted molar refractivity (Wildman–Crippen MR) is 101 cm³/mol. The van der Waals surface area contributed by atoms with Crippen LogP contribution in [0, 0.1) is 0 Å². The number of thiazole rings is 1. The number of piperidine rings is 1. The number of para-hydroxylation sites is 1. The first kappa shape index (κ1) is 16.0. The van der Waals surface area contributed by atoms with Crippen molar-refractivity contribution in [2.24, 2.45) is 0 Å². The highest BCUT2D eigenvalue weighted by Gasteiger charge is 2.32. The Morgan fingerprint density at radius 1 is 1.19 bits per heavy atom. The lowest BCUT2D eigenvalue weighted by atomic mass is 9.94. The molecule has 3 heterocycles. The van der Waals surface area contributed by atoms with Gasteiger partial charge in [-0.2, -0.15) is 0 Å². The fourth-order valence-electron chi connectivity index (χ4n) is 4.13. The molecule has 0 radical (unpaired) electrons. The molecule has 1 saturated heterocycles. The second-order valence-corrected chi connectivity index (χ2v) is 8.32. The number of carbonyl (C=O) groups is 1. The molecule has 1 atom stereocenters. The molecule has 6 heteroatoms. The van der Waals surface area contributed by atoms with Gasteiger partial charge in [0.15, 0.2) is 0 Å². The summed E-state index contributed by atoms with van der Waals surface area (Å²) in [5, 5.41) is 5.29. The Labute approximate surface area is 156 Å². The molecule has 26 heavy (non-hydrogen) atoms. The van der Waals surface area contributed by atoms with Crippen molar-refractivity contribution in [3.8, 4) is 0 Å². The van der Waals surface area contributed by atoms with Crippen LogP contribution < -0.4 is 0 Å². The average Bonchev–Trinajstić information content (AvgIpc) is 3.32. The average molecular weight is 367 g/mol. The van der Waals surface area contributed by atoms with Gasteiger partial charge in [-0.15, -0.1) is 11.3 Å². The van der Waals surface area contributed by atoms with E-state index < -0.39 is 0 Å². The van der Waals surface area contributed by atoms with Crippen molar-refractivity contribution < 1.29 is 9.32 Å². The number of hydrogen-bond donors (Lipinski definition) is 0. The van der Waals surface area contributed by atoms with Gasteiger partial charge in [-0.3, -0.25) is 4.79 Å². The van der Waals surface area contributed by atoms with E-state index in [0.717, 1.165) is 66.9 Å². The Kier molecular flexibility index (Phi) is 4.00. The van der Waals surface area contributed by atoms with Gasteiger partial charge in [0, 0.05) is 24.6 Å². The first-order valence-electron chi connectivity index (χ1n) is 9.42. The largest absolute Gasteiger partial charge is 0.350 e. The quantitative estimate of drug-likeness (QED) is 0.682. The van der Waals surface area contributed by atoms with Crippen LogP contribution in [0.5, 0.6) is 0 Å². The van der Waals surface area contributed by atoms with Crippen molar-refractivity contribution in [2.75, 3.05) is 13.1 Å². The second kappa shape index (κ2) is 6.50. The van der Waals surface area contributed by atoms with Crippen LogP contribution in [0.1, 0.15) is 58.4 Å². The lowest BCUT2D eigenvalue weighted by Crippen LogP contribution is -2.39. The molecule has 0 N–H and O–H groups in total. The lowest BCUT2D eigenvalue weighted by molar-refractivity contribution is 0.0663. The molecule has 0 saturated carbocycles. The molecular weight excluding hydrogens is 346 g/mol. The smallest absolute Gasteiger partial charge is 0.292 e. The third kappa shape index (κ3) is 2.72. The van der Waals surface area contributed by atoms with Gasteiger partial charge in [-0.1, -0.05) is 17.3 Å². The fraction of sp³-hybridized carbons (Fsp3) is 0.450. The summed E-state index contributed by atoms with van der Waals surface area (Å²) in [5.74, 6) is 0.792. The Bertz CT molecular complexity index is 928. The first-order chi connectivity index (χ1) is 12.8. The van der Waals surface area contributed by atoms with Gasteiger partial charge in [0.2, 0.25) is 5.76 Å². The molecule has 2 aliphatic rings. The molecule has 1 aromatic carbocycles. The standard InChI is InChI=1S/C20H21N3O2S/c24-20(18-14-7-1-2-8-15(14)22-25-18)23-11-5-6-13(12-23)19-21-16-9-3-4-10-17(16)26-19/h3-4,9-10,13H,1-2,5-8,11-12H2/t13-/m0/s1. The van der Waals surface area contributed by atoms with Gasteiger partial charge in [-0.05, 0) is 50.7 Å². The molecule has 2 aromatic heterocycles. The summed E-state index contributed by atoms with van der Waals surface area (Å²) in [5.41, 5.74) is 3.09. The van der Waals surface area contributed by atoms with Crippen LogP contribution >= 0.6 is 11.3 Å². The van der Waals surface area contributed by atoms with Crippen LogP contribution in [0.3, 0.4) is 0 Å². The molecule has 1 aliphatic heterocycles. The fourth-order valence-corrected chi connectivity index (χ4v) is 5.22. The Hall–Kier alpha value is -2.21. The Morgan fingerprint density at radius 3 is 3.00 bits per heavy atom. The zero-order valence-electron chi connectivity index (χ0n) is 14.6. The van der Waals surface area contributed by atoms with Gasteiger partial charge in [0.05, 0.1) is 20.9 Å². The van der Waals surface area contributed by atoms with Crippen molar-refractivity contribution in [2.45, 2.75) is 44.4 Å². The lowest BCUT2D eigenvalue weighted by Gasteiger charge is -2.31. The number of amides is 1. The minimum atomic E-state index is 0.00598. The zero-order valence-corrected chi connectivity index (χ0v) is 15.4. The van der Waals surface area contributed by atoms with E-state index in [2.05, 4.69) is 17.3 Å². The van der Waals surface area contributed by atoms with Crippen molar-refractivity contribution in [3.63, 3.8) is 0 Å². The van der Waals surface area contributed by atoms with Crippen LogP contribution in [-0.4, -0.2) is 34.0 Å². The number of aromatic nitrogens is 2. The van der Waals surface area contributed by atoms with Crippen molar-refractivity contribution in [3.05, 3.63) is 46.3 Å². The van der Waals surface area contributed by atoms with E-state index in [1.54, 1.807) is 11.3 Å². The molecule has 0 bridgehead atoms. The minimum absolute atomic E-state index is 0.00598. The van der Waals surface area contributed by atoms with E-state index in [9.17, 15) is 4.79 Å². The number of benzene rings is 1. The van der Waals surface area contributed by atoms with Crippen LogP contribution in [0.2, 0.25) is 0 Å². The normalized spacial score (nSPS) is 20.3. The van der Waals surface area contributed by atoms with Gasteiger partial charge < -0.3 is 9.42 Å². The van der Waals surface area contributed by atoms with E-state index in [4.69, 9.17) is 9.51 Å². The van der Waals surface area contributed by atoms with Crippen LogP contribution in [-0.2, 0) is 12.8 Å². The van der Waals surface area contributed by atoms with Gasteiger partial charge in [0.25, 0.3) is 5.91 Å². The summed E-state index contributed by atoms with van der Waals surface area (Å²) in [6.45, 7) is 1.50. The molecule has 134 valence electrons. The third-order valence-corrected chi connectivity index (χ3v) is 6.72. The summed E-state index contributed by atoms with van der Waals surface area (Å²) in [7, 11) is 0. The van der Waals surface area contributed by atoms with Crippen LogP contribution in [0.15, 0.2) is 28.8 Å². The maximum Gasteiger partial charge on any atom is 0.292 e. The van der Waals surface area contributed by atoms with Crippen LogP contribution in [0.4, 0.5) is 0 Å². The van der Waals surface area contributed by atoms with Gasteiger partial charge in [-0.25, -0.2) is 4.98 Å². The maximum absolute atomic E-state index is 13.1. The number of aryl methyl sites for hydroxylation is 1. The zero-order chi connectivity index (χ0) is 17.5. The highest BCUT2D eigenvalue weighted by atomic mass is 32.1. The summed E-state index contributed by atoms with van der Waals surface area (Å²) in [6.07, 6.45) is 6.18. The molecule has 1 fully saturated rings. The van der Waals surface area contributed by atoms with E-state index >= 15 is 0 Å². The predicted octanol–water partition coefficient (Wildman–Crippen LogP) is 4.18. The summed E-state index contributed by atoms with van der Waals surface area (Å²) in [4.78, 5) is 19.8. The molecule has 3 aromatic rings. The number of likely N-dealkylation sites (tertiary alicyclic amines) is 1. The second-order valence-electron chi connectivity index (χ2n) is 7.25. The van der Waals surface area contributed by atoms with Crippen LogP contribution in [0.25, 0.3) is 10.2 Å². The minimum Gasteiger partial charge on any atom is -0.350 e. The number of nitrogens with zero attached hydrogens (tertiary/aromatic N) is 3. The number of rotatable bonds is 2. The highest BCUT2D eigenvalue weighted by molar-refractivity contribution is 7.18. The van der Waals surface area contributed by atoms with Gasteiger partial charge >= 0.3 is 0 Å². The Morgan fingerprint density at radius 2 is 2.08 bits per heavy atom. The molecule has 5 nitrogen and oxygen atoms in total. The molecular formula is C20H21N3O2S. The van der Waals surface area contributed by atoms with Gasteiger partial charge in [0.1, 0.15) is 0 Å². The molecule has 0 spiro atoms. The molecule has 5 rings (SSSR count). The Balaban J connectivity index is 1.38. The van der Waals surface area contributed by atoms with Crippen molar-refractivity contribution in [1.82, 2.24) is 15.0 Å². The molecule has 1 amide bonds. The van der Waals surface area contributed by atoms with Crippen molar-refractivity contribution >= 4 is 27.5 Å². The summed E-state index contributed by atoms with van der Waals surface area (Å²) < 4.78 is 6.69. The third-order valence-electron chi connectivity index (χ3n) is 5.52. The van der Waals surface area contributed by atoms with E-state index in [-0.39, 0.29) is 5.91 Å². The topological polar surface area (TPSA) is 59.2 Å².